The summed E-state index contributed by atoms with van der Waals surface area (Å²) in [6.45, 7) is 11.6. The summed E-state index contributed by atoms with van der Waals surface area (Å²) >= 11 is 0. The molecule has 1 amide bonds. The number of nitrogens with zero attached hydrogens (tertiary/aromatic N) is 2. The number of hydrogen-bond donors (Lipinski definition) is 2. The van der Waals surface area contributed by atoms with Crippen LogP contribution in [-0.2, 0) is 4.79 Å². The van der Waals surface area contributed by atoms with Gasteiger partial charge in [-0.3, -0.25) is 4.79 Å². The third kappa shape index (κ3) is 2.31. The van der Waals surface area contributed by atoms with Gasteiger partial charge >= 0.3 is 0 Å². The molecule has 0 heterocycles. The van der Waals surface area contributed by atoms with E-state index in [1.165, 1.54) is 0 Å². The average molecular weight is 255 g/mol. The van der Waals surface area contributed by atoms with Crippen molar-refractivity contribution in [2.24, 2.45) is 27.6 Å². The first-order valence-corrected chi connectivity index (χ1v) is 6.45. The predicted molar refractivity (Wildman–Crippen MR) is 71.3 cm³/mol. The molecular formula is C13H25N3O2. The van der Waals surface area contributed by atoms with Gasteiger partial charge in [-0.2, -0.15) is 0 Å². The largest absolute Gasteiger partial charge is 0.409 e. The normalized spacial score (nSPS) is 21.7. The van der Waals surface area contributed by atoms with Gasteiger partial charge in [0.1, 0.15) is 5.84 Å². The van der Waals surface area contributed by atoms with Crippen LogP contribution in [0.25, 0.3) is 0 Å². The van der Waals surface area contributed by atoms with Crippen molar-refractivity contribution in [2.45, 2.75) is 41.0 Å². The maximum absolute atomic E-state index is 12.5. The van der Waals surface area contributed by atoms with E-state index in [2.05, 4.69) is 32.9 Å². The maximum Gasteiger partial charge on any atom is 0.226 e. The first kappa shape index (κ1) is 14.8. The lowest BCUT2D eigenvalue weighted by Crippen LogP contribution is -2.36. The first-order chi connectivity index (χ1) is 8.20. The Kier molecular flexibility index (Phi) is 3.93. The fraction of sp³-hybridized carbons (Fsp3) is 0.846. The molecule has 18 heavy (non-hydrogen) atoms. The minimum Gasteiger partial charge on any atom is -0.409 e. The number of hydrogen-bond acceptors (Lipinski definition) is 3. The third-order valence-corrected chi connectivity index (χ3v) is 4.73. The molecule has 5 heteroatoms. The van der Waals surface area contributed by atoms with Crippen molar-refractivity contribution in [3.05, 3.63) is 0 Å². The number of carbonyl (C=O) groups is 1. The van der Waals surface area contributed by atoms with E-state index in [0.29, 0.717) is 19.5 Å². The second-order valence-corrected chi connectivity index (χ2v) is 6.14. The molecule has 104 valence electrons. The summed E-state index contributed by atoms with van der Waals surface area (Å²) in [5.74, 6) is 0.408. The molecule has 0 spiro atoms. The molecule has 0 saturated heterocycles. The van der Waals surface area contributed by atoms with E-state index in [1.807, 2.05) is 6.92 Å². The fourth-order valence-electron chi connectivity index (χ4n) is 2.72. The molecule has 1 aliphatic rings. The quantitative estimate of drug-likeness (QED) is 0.339. The van der Waals surface area contributed by atoms with Crippen LogP contribution in [0.3, 0.4) is 0 Å². The Morgan fingerprint density at radius 2 is 1.83 bits per heavy atom. The molecule has 1 fully saturated rings. The van der Waals surface area contributed by atoms with Gasteiger partial charge in [-0.1, -0.05) is 32.9 Å². The topological polar surface area (TPSA) is 78.9 Å². The van der Waals surface area contributed by atoms with Crippen molar-refractivity contribution in [3.8, 4) is 0 Å². The van der Waals surface area contributed by atoms with Gasteiger partial charge in [-0.05, 0) is 17.8 Å². The van der Waals surface area contributed by atoms with Crippen LogP contribution in [0.15, 0.2) is 5.16 Å². The molecule has 5 nitrogen and oxygen atoms in total. The highest BCUT2D eigenvalue weighted by atomic mass is 16.4. The van der Waals surface area contributed by atoms with Crippen LogP contribution in [0.1, 0.15) is 41.0 Å². The molecule has 0 unspecified atom stereocenters. The van der Waals surface area contributed by atoms with Gasteiger partial charge in [-0.25, -0.2) is 0 Å². The van der Waals surface area contributed by atoms with Gasteiger partial charge in [0.25, 0.3) is 0 Å². The second kappa shape index (κ2) is 4.78. The summed E-state index contributed by atoms with van der Waals surface area (Å²) in [4.78, 5) is 14.2. The minimum atomic E-state index is 0.0497. The summed E-state index contributed by atoms with van der Waals surface area (Å²) in [7, 11) is 0. The van der Waals surface area contributed by atoms with Crippen molar-refractivity contribution in [1.29, 1.82) is 0 Å². The highest BCUT2D eigenvalue weighted by molar-refractivity contribution is 5.85. The summed E-state index contributed by atoms with van der Waals surface area (Å²) in [6, 6.07) is 0. The number of oxime groups is 1. The standard InChI is InChI=1S/C13H25N3O2/c1-6-16(8-7-9(14)15-18)11(17)10-12(2,3)13(10,4)5/h10,18H,6-8H2,1-5H3,(H2,14,15). The van der Waals surface area contributed by atoms with Crippen LogP contribution in [0.2, 0.25) is 0 Å². The highest BCUT2D eigenvalue weighted by Crippen LogP contribution is 2.68. The molecule has 1 rings (SSSR count). The molecule has 0 bridgehead atoms. The highest BCUT2D eigenvalue weighted by Gasteiger charge is 2.68. The number of rotatable bonds is 5. The Morgan fingerprint density at radius 3 is 2.17 bits per heavy atom. The number of amides is 1. The van der Waals surface area contributed by atoms with E-state index in [-0.39, 0.29) is 28.5 Å². The molecule has 0 atom stereocenters. The smallest absolute Gasteiger partial charge is 0.226 e. The van der Waals surface area contributed by atoms with E-state index in [9.17, 15) is 4.79 Å². The molecular weight excluding hydrogens is 230 g/mol. The Hall–Kier alpha value is -1.26. The SMILES string of the molecule is CCN(CCC(N)=NO)C(=O)C1C(C)(C)C1(C)C. The third-order valence-electron chi connectivity index (χ3n) is 4.73. The van der Waals surface area contributed by atoms with Gasteiger partial charge in [0.05, 0.1) is 0 Å². The van der Waals surface area contributed by atoms with Crippen molar-refractivity contribution < 1.29 is 10.0 Å². The van der Waals surface area contributed by atoms with E-state index < -0.39 is 0 Å². The Labute approximate surface area is 109 Å². The Balaban J connectivity index is 2.65. The zero-order valence-electron chi connectivity index (χ0n) is 12.0. The number of amidine groups is 1. The van der Waals surface area contributed by atoms with E-state index in [1.54, 1.807) is 4.90 Å². The monoisotopic (exact) mass is 255 g/mol. The van der Waals surface area contributed by atoms with Crippen LogP contribution in [0.4, 0.5) is 0 Å². The molecule has 0 aromatic rings. The van der Waals surface area contributed by atoms with Gasteiger partial charge in [0.15, 0.2) is 0 Å². The molecule has 0 aromatic carbocycles. The van der Waals surface area contributed by atoms with Gasteiger partial charge in [0, 0.05) is 25.4 Å². The van der Waals surface area contributed by atoms with Crippen molar-refractivity contribution in [2.75, 3.05) is 13.1 Å². The average Bonchev–Trinajstić information content (AvgIpc) is 2.69. The van der Waals surface area contributed by atoms with E-state index >= 15 is 0 Å². The van der Waals surface area contributed by atoms with E-state index in [4.69, 9.17) is 10.9 Å². The Morgan fingerprint density at radius 1 is 1.33 bits per heavy atom. The summed E-state index contributed by atoms with van der Waals surface area (Å²) in [5, 5.41) is 11.4. The first-order valence-electron chi connectivity index (χ1n) is 6.45. The molecule has 1 aliphatic carbocycles. The second-order valence-electron chi connectivity index (χ2n) is 6.14. The molecule has 3 N–H and O–H groups in total. The van der Waals surface area contributed by atoms with Crippen LogP contribution < -0.4 is 5.73 Å². The van der Waals surface area contributed by atoms with Gasteiger partial charge in [0.2, 0.25) is 5.91 Å². The van der Waals surface area contributed by atoms with Crippen LogP contribution in [-0.4, -0.2) is 34.9 Å². The van der Waals surface area contributed by atoms with E-state index in [0.717, 1.165) is 0 Å². The van der Waals surface area contributed by atoms with Gasteiger partial charge < -0.3 is 15.8 Å². The molecule has 0 radical (unpaired) electrons. The van der Waals surface area contributed by atoms with Crippen LogP contribution in [0, 0.1) is 16.7 Å². The summed E-state index contributed by atoms with van der Waals surface area (Å²) in [5.41, 5.74) is 5.54. The lowest BCUT2D eigenvalue weighted by molar-refractivity contribution is -0.133. The van der Waals surface area contributed by atoms with Crippen molar-refractivity contribution >= 4 is 11.7 Å². The van der Waals surface area contributed by atoms with Crippen LogP contribution >= 0.6 is 0 Å². The van der Waals surface area contributed by atoms with Gasteiger partial charge in [-0.15, -0.1) is 0 Å². The fourth-order valence-corrected chi connectivity index (χ4v) is 2.72. The summed E-state index contributed by atoms with van der Waals surface area (Å²) in [6.07, 6.45) is 0.406. The lowest BCUT2D eigenvalue weighted by atomic mass is 10.0. The zero-order valence-corrected chi connectivity index (χ0v) is 12.0. The van der Waals surface area contributed by atoms with Crippen molar-refractivity contribution in [1.82, 2.24) is 4.90 Å². The lowest BCUT2D eigenvalue weighted by Gasteiger charge is -2.21. The van der Waals surface area contributed by atoms with Crippen molar-refractivity contribution in [3.63, 3.8) is 0 Å². The molecule has 0 aromatic heterocycles. The number of carbonyl (C=O) groups excluding carboxylic acids is 1. The van der Waals surface area contributed by atoms with Crippen LogP contribution in [0.5, 0.6) is 0 Å². The summed E-state index contributed by atoms with van der Waals surface area (Å²) < 4.78 is 0. The molecule has 1 saturated carbocycles. The Bertz CT molecular complexity index is 347. The maximum atomic E-state index is 12.5. The minimum absolute atomic E-state index is 0.0497. The predicted octanol–water partition coefficient (Wildman–Crippen LogP) is 1.65. The molecule has 0 aliphatic heterocycles. The number of nitrogens with two attached hydrogens (primary N) is 1. The zero-order chi connectivity index (χ0) is 14.1.